The van der Waals surface area contributed by atoms with Crippen molar-refractivity contribution in [3.05, 3.63) is 47.2 Å². The minimum Gasteiger partial charge on any atom is -0.359 e. The summed E-state index contributed by atoms with van der Waals surface area (Å²) in [5.41, 5.74) is 3.57. The molecule has 1 N–H and O–H groups in total. The lowest BCUT2D eigenvalue weighted by atomic mass is 9.95. The van der Waals surface area contributed by atoms with Crippen LogP contribution in [0, 0.1) is 0 Å². The summed E-state index contributed by atoms with van der Waals surface area (Å²) in [7, 11) is 0. The van der Waals surface area contributed by atoms with Gasteiger partial charge in [-0.3, -0.25) is 4.79 Å². The van der Waals surface area contributed by atoms with Crippen LogP contribution < -0.4 is 5.32 Å². The topological polar surface area (TPSA) is 44.7 Å². The average Bonchev–Trinajstić information content (AvgIpc) is 2.71. The molecule has 27 heavy (non-hydrogen) atoms. The highest BCUT2D eigenvalue weighted by Crippen LogP contribution is 2.17. The van der Waals surface area contributed by atoms with Gasteiger partial charge in [0.2, 0.25) is 0 Å². The first-order chi connectivity index (χ1) is 13.2. The van der Waals surface area contributed by atoms with Crippen LogP contribution in [0.25, 0.3) is 0 Å². The van der Waals surface area contributed by atoms with Gasteiger partial charge in [-0.25, -0.2) is 4.99 Å². The third-order valence-corrected chi connectivity index (χ3v) is 4.99. The fourth-order valence-corrected chi connectivity index (χ4v) is 3.29. The Bertz CT molecular complexity index is 637. The Morgan fingerprint density at radius 1 is 1.07 bits per heavy atom. The number of unbranched alkanes of at least 4 members (excludes halogenated alkanes) is 3. The maximum absolute atomic E-state index is 12.5. The third-order valence-electron chi connectivity index (χ3n) is 4.99. The van der Waals surface area contributed by atoms with Gasteiger partial charge in [-0.2, -0.15) is 0 Å². The molecule has 0 atom stereocenters. The SMILES string of the molecule is CCCCc1ccc(C(=O)NCCCCN2C=NC=CC2)cc1CCCC. The molecule has 0 fully saturated rings. The summed E-state index contributed by atoms with van der Waals surface area (Å²) in [4.78, 5) is 18.8. The standard InChI is InChI=1S/C23H35N3O/c1-3-5-10-20-12-13-22(18-21(20)11-6-4-2)23(27)25-15-7-8-16-26-17-9-14-24-19-26/h9,12-14,18-19H,3-8,10-11,15-17H2,1-2H3,(H,25,27). The van der Waals surface area contributed by atoms with Crippen molar-refractivity contribution in [1.82, 2.24) is 10.2 Å². The zero-order valence-corrected chi connectivity index (χ0v) is 17.0. The van der Waals surface area contributed by atoms with Gasteiger partial charge in [0, 0.05) is 31.4 Å². The molecule has 0 aromatic heterocycles. The van der Waals surface area contributed by atoms with Crippen molar-refractivity contribution in [2.45, 2.75) is 65.2 Å². The van der Waals surface area contributed by atoms with E-state index in [9.17, 15) is 4.79 Å². The van der Waals surface area contributed by atoms with Crippen molar-refractivity contribution in [2.75, 3.05) is 19.6 Å². The fourth-order valence-electron chi connectivity index (χ4n) is 3.29. The predicted molar refractivity (Wildman–Crippen MR) is 114 cm³/mol. The molecule has 1 aliphatic rings. The number of nitrogens with one attached hydrogen (secondary N) is 1. The Labute approximate surface area is 164 Å². The number of carbonyl (C=O) groups excluding carboxylic acids is 1. The molecule has 1 aromatic rings. The monoisotopic (exact) mass is 369 g/mol. The van der Waals surface area contributed by atoms with Crippen molar-refractivity contribution in [2.24, 2.45) is 4.99 Å². The van der Waals surface area contributed by atoms with Crippen molar-refractivity contribution in [1.29, 1.82) is 0 Å². The molecular weight excluding hydrogens is 334 g/mol. The maximum Gasteiger partial charge on any atom is 0.251 e. The van der Waals surface area contributed by atoms with E-state index in [0.29, 0.717) is 0 Å². The van der Waals surface area contributed by atoms with Gasteiger partial charge < -0.3 is 10.2 Å². The second-order valence-corrected chi connectivity index (χ2v) is 7.30. The lowest BCUT2D eigenvalue weighted by molar-refractivity contribution is 0.0952. The van der Waals surface area contributed by atoms with Crippen LogP contribution >= 0.6 is 0 Å². The zero-order valence-electron chi connectivity index (χ0n) is 17.0. The number of nitrogens with zero attached hydrogens (tertiary/aromatic N) is 2. The molecule has 2 rings (SSSR count). The molecule has 0 saturated heterocycles. The Morgan fingerprint density at radius 3 is 2.56 bits per heavy atom. The van der Waals surface area contributed by atoms with E-state index in [1.54, 1.807) is 0 Å². The van der Waals surface area contributed by atoms with Crippen LogP contribution in [0.3, 0.4) is 0 Å². The van der Waals surface area contributed by atoms with Crippen molar-refractivity contribution in [3.8, 4) is 0 Å². The molecule has 4 nitrogen and oxygen atoms in total. The number of rotatable bonds is 12. The van der Waals surface area contributed by atoms with Crippen LogP contribution in [0.1, 0.15) is 73.9 Å². The van der Waals surface area contributed by atoms with Crippen LogP contribution in [-0.2, 0) is 12.8 Å². The summed E-state index contributed by atoms with van der Waals surface area (Å²) in [5, 5.41) is 3.08. The Morgan fingerprint density at radius 2 is 1.85 bits per heavy atom. The van der Waals surface area contributed by atoms with E-state index in [1.165, 1.54) is 36.8 Å². The van der Waals surface area contributed by atoms with E-state index < -0.39 is 0 Å². The van der Waals surface area contributed by atoms with E-state index in [-0.39, 0.29) is 5.91 Å². The summed E-state index contributed by atoms with van der Waals surface area (Å²) >= 11 is 0. The maximum atomic E-state index is 12.5. The first-order valence-electron chi connectivity index (χ1n) is 10.6. The van der Waals surface area contributed by atoms with Crippen LogP contribution in [0.2, 0.25) is 0 Å². The van der Waals surface area contributed by atoms with Gasteiger partial charge in [0.25, 0.3) is 5.91 Å². The highest BCUT2D eigenvalue weighted by molar-refractivity contribution is 5.94. The number of aryl methyl sites for hydroxylation is 2. The quantitative estimate of drug-likeness (QED) is 0.541. The van der Waals surface area contributed by atoms with Gasteiger partial charge >= 0.3 is 0 Å². The highest BCUT2D eigenvalue weighted by Gasteiger charge is 2.09. The molecule has 1 aliphatic heterocycles. The summed E-state index contributed by atoms with van der Waals surface area (Å²) in [6, 6.07) is 6.28. The minimum atomic E-state index is 0.0530. The smallest absolute Gasteiger partial charge is 0.251 e. The Balaban J connectivity index is 1.79. The second-order valence-electron chi connectivity index (χ2n) is 7.30. The van der Waals surface area contributed by atoms with Crippen molar-refractivity contribution in [3.63, 3.8) is 0 Å². The molecule has 0 aliphatic carbocycles. The molecule has 4 heteroatoms. The predicted octanol–water partition coefficient (Wildman–Crippen LogP) is 4.74. The second kappa shape index (κ2) is 12.3. The van der Waals surface area contributed by atoms with Crippen molar-refractivity contribution < 1.29 is 4.79 Å². The molecule has 1 aromatic carbocycles. The molecule has 0 bridgehead atoms. The summed E-state index contributed by atoms with van der Waals surface area (Å²) in [5.74, 6) is 0.0530. The summed E-state index contributed by atoms with van der Waals surface area (Å²) < 4.78 is 0. The lowest BCUT2D eigenvalue weighted by Crippen LogP contribution is -2.27. The molecule has 0 saturated carbocycles. The number of benzene rings is 1. The van der Waals surface area contributed by atoms with Crippen LogP contribution in [0.5, 0.6) is 0 Å². The normalized spacial score (nSPS) is 13.2. The Hall–Kier alpha value is -2.10. The number of carbonyl (C=O) groups is 1. The summed E-state index contributed by atoms with van der Waals surface area (Å²) in [6.07, 6.45) is 14.8. The average molecular weight is 370 g/mol. The number of aliphatic imine (C=N–C) groups is 1. The highest BCUT2D eigenvalue weighted by atomic mass is 16.1. The van der Waals surface area contributed by atoms with Crippen LogP contribution in [0.4, 0.5) is 0 Å². The van der Waals surface area contributed by atoms with Gasteiger partial charge in [0.05, 0.1) is 6.34 Å². The van der Waals surface area contributed by atoms with Crippen molar-refractivity contribution >= 4 is 12.2 Å². The van der Waals surface area contributed by atoms with E-state index in [1.807, 2.05) is 18.6 Å². The fraction of sp³-hybridized carbons (Fsp3) is 0.565. The molecule has 1 heterocycles. The largest absolute Gasteiger partial charge is 0.359 e. The third kappa shape index (κ3) is 7.58. The zero-order chi connectivity index (χ0) is 19.3. The van der Waals surface area contributed by atoms with Gasteiger partial charge in [0.1, 0.15) is 0 Å². The van der Waals surface area contributed by atoms with Gasteiger partial charge in [-0.15, -0.1) is 0 Å². The molecule has 0 radical (unpaired) electrons. The number of hydrogen-bond acceptors (Lipinski definition) is 3. The summed E-state index contributed by atoms with van der Waals surface area (Å²) in [6.45, 7) is 7.08. The first kappa shape index (κ1) is 21.2. The van der Waals surface area contributed by atoms with E-state index in [0.717, 1.165) is 50.9 Å². The number of hydrogen-bond donors (Lipinski definition) is 1. The lowest BCUT2D eigenvalue weighted by Gasteiger charge is -2.19. The van der Waals surface area contributed by atoms with Gasteiger partial charge in [-0.1, -0.05) is 32.8 Å². The molecule has 148 valence electrons. The minimum absolute atomic E-state index is 0.0530. The molecule has 0 spiro atoms. The van der Waals surface area contributed by atoms with E-state index >= 15 is 0 Å². The van der Waals surface area contributed by atoms with E-state index in [4.69, 9.17) is 0 Å². The number of amides is 1. The van der Waals surface area contributed by atoms with Crippen LogP contribution in [-0.4, -0.2) is 36.8 Å². The van der Waals surface area contributed by atoms with Gasteiger partial charge in [0.15, 0.2) is 0 Å². The molecule has 0 unspecified atom stereocenters. The van der Waals surface area contributed by atoms with Crippen LogP contribution in [0.15, 0.2) is 35.5 Å². The Kier molecular flexibility index (Phi) is 9.67. The van der Waals surface area contributed by atoms with E-state index in [2.05, 4.69) is 47.3 Å². The molecule has 1 amide bonds. The van der Waals surface area contributed by atoms with Gasteiger partial charge in [-0.05, 0) is 67.9 Å². The first-order valence-corrected chi connectivity index (χ1v) is 10.6. The molecular formula is C23H35N3O.